The average Bonchev–Trinajstić information content (AvgIpc) is 3.33. The van der Waals surface area contributed by atoms with Gasteiger partial charge in [0.15, 0.2) is 0 Å². The number of aryl methyl sites for hydroxylation is 1. The van der Waals surface area contributed by atoms with Gasteiger partial charge in [0.1, 0.15) is 22.8 Å². The minimum Gasteiger partial charge on any atom is -0.383 e. The van der Waals surface area contributed by atoms with Gasteiger partial charge in [-0.1, -0.05) is 42.6 Å². The second-order valence-electron chi connectivity index (χ2n) is 8.10. The van der Waals surface area contributed by atoms with Crippen LogP contribution in [0.25, 0.3) is 21.8 Å². The van der Waals surface area contributed by atoms with Crippen LogP contribution < -0.4 is 10.9 Å². The van der Waals surface area contributed by atoms with E-state index in [1.54, 1.807) is 17.6 Å². The van der Waals surface area contributed by atoms with Gasteiger partial charge in [-0.15, -0.1) is 0 Å². The van der Waals surface area contributed by atoms with Crippen molar-refractivity contribution in [1.82, 2.24) is 15.0 Å². The Kier molecular flexibility index (Phi) is 5.84. The van der Waals surface area contributed by atoms with Crippen molar-refractivity contribution < 1.29 is 14.4 Å². The summed E-state index contributed by atoms with van der Waals surface area (Å²) < 4.78 is 7.07. The largest absolute Gasteiger partial charge is 0.383 e. The average molecular weight is 432 g/mol. The molecule has 3 unspecified atom stereocenters. The number of benzene rings is 1. The third-order valence-electron chi connectivity index (χ3n) is 6.03. The number of nitrogens with zero attached hydrogens (tertiary/aromatic N) is 2. The molecule has 0 aliphatic heterocycles. The number of carbonyl (C=O) groups is 1. The highest BCUT2D eigenvalue weighted by atomic mass is 35.5. The van der Waals surface area contributed by atoms with E-state index in [4.69, 9.17) is 16.1 Å². The van der Waals surface area contributed by atoms with Crippen molar-refractivity contribution in [3.05, 3.63) is 39.3 Å². The van der Waals surface area contributed by atoms with E-state index in [-0.39, 0.29) is 23.6 Å². The number of fused-ring (bicyclic) bond motifs is 3. The molecule has 2 heterocycles. The molecule has 8 heteroatoms. The SMILES string of the molecule is CCCCC(O)C(=O)NC1CCC(n2c(=O)c3c(C)onc3c3c(Cl)cccc32)C1. The summed E-state index contributed by atoms with van der Waals surface area (Å²) in [7, 11) is 0. The molecular weight excluding hydrogens is 406 g/mol. The maximum atomic E-state index is 13.4. The summed E-state index contributed by atoms with van der Waals surface area (Å²) in [5, 5.41) is 18.7. The number of carbonyl (C=O) groups excluding carboxylic acids is 1. The summed E-state index contributed by atoms with van der Waals surface area (Å²) in [6.45, 7) is 3.74. The van der Waals surface area contributed by atoms with Gasteiger partial charge in [-0.05, 0) is 44.7 Å². The Hall–Kier alpha value is -2.38. The lowest BCUT2D eigenvalue weighted by atomic mass is 10.1. The van der Waals surface area contributed by atoms with Crippen LogP contribution in [0.3, 0.4) is 0 Å². The smallest absolute Gasteiger partial charge is 0.264 e. The molecule has 160 valence electrons. The number of pyridine rings is 1. The first kappa shape index (κ1) is 20.9. The zero-order valence-corrected chi connectivity index (χ0v) is 17.9. The summed E-state index contributed by atoms with van der Waals surface area (Å²) in [5.41, 5.74) is 1.04. The number of nitrogens with one attached hydrogen (secondary N) is 1. The Morgan fingerprint density at radius 2 is 2.20 bits per heavy atom. The summed E-state index contributed by atoms with van der Waals surface area (Å²) in [6, 6.07) is 5.29. The quantitative estimate of drug-likeness (QED) is 0.617. The molecular formula is C22H26ClN3O4. The molecule has 1 aliphatic carbocycles. The summed E-state index contributed by atoms with van der Waals surface area (Å²) >= 11 is 6.47. The van der Waals surface area contributed by atoms with Crippen LogP contribution >= 0.6 is 11.6 Å². The number of aliphatic hydroxyl groups excluding tert-OH is 1. The van der Waals surface area contributed by atoms with E-state index >= 15 is 0 Å². The molecule has 0 radical (unpaired) electrons. The minimum atomic E-state index is -0.984. The van der Waals surface area contributed by atoms with Crippen molar-refractivity contribution in [2.24, 2.45) is 0 Å². The van der Waals surface area contributed by atoms with Crippen LogP contribution in [-0.4, -0.2) is 32.9 Å². The van der Waals surface area contributed by atoms with Crippen LogP contribution in [0.15, 0.2) is 27.5 Å². The highest BCUT2D eigenvalue weighted by Crippen LogP contribution is 2.36. The standard InChI is InChI=1S/C22H26ClN3O4/c1-3-4-8-17(27)21(28)24-13-9-10-14(11-13)26-16-7-5-6-15(23)19(16)20-18(22(26)29)12(2)30-25-20/h5-7,13-14,17,27H,3-4,8-11H2,1-2H3,(H,24,28). The molecule has 4 rings (SSSR count). The first-order valence-electron chi connectivity index (χ1n) is 10.5. The minimum absolute atomic E-state index is 0.0841. The predicted octanol–water partition coefficient (Wildman–Crippen LogP) is 3.87. The summed E-state index contributed by atoms with van der Waals surface area (Å²) in [5.74, 6) is 0.132. The Morgan fingerprint density at radius 1 is 1.40 bits per heavy atom. The number of halogens is 1. The molecule has 0 spiro atoms. The molecule has 1 saturated carbocycles. The lowest BCUT2D eigenvalue weighted by Gasteiger charge is -2.19. The number of unbranched alkanes of at least 4 members (excludes halogenated alkanes) is 1. The van der Waals surface area contributed by atoms with Gasteiger partial charge in [0.25, 0.3) is 5.56 Å². The molecule has 1 fully saturated rings. The zero-order valence-electron chi connectivity index (χ0n) is 17.2. The third-order valence-corrected chi connectivity index (χ3v) is 6.35. The number of aromatic nitrogens is 2. The number of hydrogen-bond donors (Lipinski definition) is 2. The number of rotatable bonds is 6. The van der Waals surface area contributed by atoms with E-state index < -0.39 is 6.10 Å². The molecule has 0 bridgehead atoms. The lowest BCUT2D eigenvalue weighted by Crippen LogP contribution is -2.40. The Balaban J connectivity index is 1.66. The van der Waals surface area contributed by atoms with Gasteiger partial charge in [-0.3, -0.25) is 9.59 Å². The van der Waals surface area contributed by atoms with Gasteiger partial charge in [0.2, 0.25) is 5.91 Å². The fourth-order valence-electron chi connectivity index (χ4n) is 4.48. The van der Waals surface area contributed by atoms with Crippen molar-refractivity contribution in [3.8, 4) is 0 Å². The lowest BCUT2D eigenvalue weighted by molar-refractivity contribution is -0.130. The Bertz CT molecular complexity index is 1150. The van der Waals surface area contributed by atoms with E-state index in [1.165, 1.54) is 0 Å². The molecule has 3 aromatic rings. The molecule has 0 saturated heterocycles. The molecule has 3 atom stereocenters. The van der Waals surface area contributed by atoms with Crippen molar-refractivity contribution in [1.29, 1.82) is 0 Å². The maximum Gasteiger partial charge on any atom is 0.264 e. The van der Waals surface area contributed by atoms with Gasteiger partial charge in [-0.25, -0.2) is 0 Å². The van der Waals surface area contributed by atoms with E-state index in [9.17, 15) is 14.7 Å². The summed E-state index contributed by atoms with van der Waals surface area (Å²) in [6.07, 6.45) is 3.32. The molecule has 1 aromatic carbocycles. The number of aliphatic hydroxyl groups is 1. The van der Waals surface area contributed by atoms with Gasteiger partial charge < -0.3 is 19.5 Å². The van der Waals surface area contributed by atoms with Gasteiger partial charge in [0.05, 0.1) is 10.5 Å². The van der Waals surface area contributed by atoms with Gasteiger partial charge in [-0.2, -0.15) is 0 Å². The third kappa shape index (κ3) is 3.61. The zero-order chi connectivity index (χ0) is 21.4. The highest BCUT2D eigenvalue weighted by molar-refractivity contribution is 6.37. The van der Waals surface area contributed by atoms with E-state index in [0.717, 1.165) is 25.7 Å². The van der Waals surface area contributed by atoms with Gasteiger partial charge >= 0.3 is 0 Å². The van der Waals surface area contributed by atoms with Crippen molar-refractivity contribution in [2.45, 2.75) is 70.6 Å². The monoisotopic (exact) mass is 431 g/mol. The highest BCUT2D eigenvalue weighted by Gasteiger charge is 2.31. The van der Waals surface area contributed by atoms with Crippen molar-refractivity contribution >= 4 is 39.3 Å². The number of hydrogen-bond acceptors (Lipinski definition) is 5. The second kappa shape index (κ2) is 8.40. The first-order chi connectivity index (χ1) is 14.4. The Morgan fingerprint density at radius 3 is 2.97 bits per heavy atom. The molecule has 1 aliphatic rings. The topological polar surface area (TPSA) is 97.4 Å². The Labute approximate surface area is 179 Å². The van der Waals surface area contributed by atoms with Crippen LogP contribution in [0.4, 0.5) is 0 Å². The van der Waals surface area contributed by atoms with Crippen molar-refractivity contribution in [2.75, 3.05) is 0 Å². The van der Waals surface area contributed by atoms with Crippen LogP contribution in [0.2, 0.25) is 5.02 Å². The normalized spacial score (nSPS) is 20.1. The fourth-order valence-corrected chi connectivity index (χ4v) is 4.74. The second-order valence-corrected chi connectivity index (χ2v) is 8.51. The molecule has 30 heavy (non-hydrogen) atoms. The van der Waals surface area contributed by atoms with E-state index in [2.05, 4.69) is 10.5 Å². The maximum absolute atomic E-state index is 13.4. The number of amides is 1. The van der Waals surface area contributed by atoms with Crippen LogP contribution in [0.1, 0.15) is 57.3 Å². The molecule has 7 nitrogen and oxygen atoms in total. The predicted molar refractivity (Wildman–Crippen MR) is 116 cm³/mol. The van der Waals surface area contributed by atoms with E-state index in [1.807, 2.05) is 19.1 Å². The first-order valence-corrected chi connectivity index (χ1v) is 10.9. The van der Waals surface area contributed by atoms with Crippen LogP contribution in [0, 0.1) is 6.92 Å². The van der Waals surface area contributed by atoms with Crippen LogP contribution in [-0.2, 0) is 4.79 Å². The van der Waals surface area contributed by atoms with Crippen molar-refractivity contribution in [3.63, 3.8) is 0 Å². The molecule has 2 aromatic heterocycles. The fraction of sp³-hybridized carbons (Fsp3) is 0.500. The van der Waals surface area contributed by atoms with Crippen LogP contribution in [0.5, 0.6) is 0 Å². The molecule has 1 amide bonds. The van der Waals surface area contributed by atoms with E-state index in [0.29, 0.717) is 45.4 Å². The van der Waals surface area contributed by atoms with Gasteiger partial charge in [0, 0.05) is 17.5 Å². The summed E-state index contributed by atoms with van der Waals surface area (Å²) in [4.78, 5) is 25.7. The molecule has 2 N–H and O–H groups in total.